The summed E-state index contributed by atoms with van der Waals surface area (Å²) in [5.74, 6) is -0.218. The molecule has 0 aliphatic rings. The second-order valence-corrected chi connectivity index (χ2v) is 4.43. The van der Waals surface area contributed by atoms with E-state index in [0.717, 1.165) is 17.0 Å². The van der Waals surface area contributed by atoms with Gasteiger partial charge in [-0.05, 0) is 43.5 Å². The van der Waals surface area contributed by atoms with Crippen molar-refractivity contribution in [1.29, 1.82) is 0 Å². The SMILES string of the molecule is Cc1cc(C(N)Cc2ccccc2F)c(C)nn1. The Morgan fingerprint density at radius 2 is 1.94 bits per heavy atom. The first-order chi connectivity index (χ1) is 8.58. The Morgan fingerprint density at radius 3 is 2.67 bits per heavy atom. The zero-order valence-electron chi connectivity index (χ0n) is 10.5. The fourth-order valence-electron chi connectivity index (χ4n) is 1.96. The van der Waals surface area contributed by atoms with Gasteiger partial charge in [0, 0.05) is 6.04 Å². The maximum absolute atomic E-state index is 13.6. The van der Waals surface area contributed by atoms with Crippen LogP contribution in [0, 0.1) is 19.7 Å². The molecule has 3 nitrogen and oxygen atoms in total. The van der Waals surface area contributed by atoms with Gasteiger partial charge >= 0.3 is 0 Å². The van der Waals surface area contributed by atoms with Gasteiger partial charge in [0.25, 0.3) is 0 Å². The minimum atomic E-state index is -0.268. The molecule has 0 spiro atoms. The van der Waals surface area contributed by atoms with E-state index >= 15 is 0 Å². The fraction of sp³-hybridized carbons (Fsp3) is 0.286. The van der Waals surface area contributed by atoms with Crippen LogP contribution in [0.15, 0.2) is 30.3 Å². The number of halogens is 1. The number of aryl methyl sites for hydroxylation is 2. The van der Waals surface area contributed by atoms with Gasteiger partial charge in [-0.1, -0.05) is 18.2 Å². The molecule has 0 radical (unpaired) electrons. The Kier molecular flexibility index (Phi) is 3.67. The molecule has 18 heavy (non-hydrogen) atoms. The van der Waals surface area contributed by atoms with Crippen LogP contribution in [0.3, 0.4) is 0 Å². The van der Waals surface area contributed by atoms with Gasteiger partial charge in [0.1, 0.15) is 5.82 Å². The van der Waals surface area contributed by atoms with Crippen molar-refractivity contribution >= 4 is 0 Å². The molecule has 2 N–H and O–H groups in total. The van der Waals surface area contributed by atoms with Crippen LogP contribution in [0.25, 0.3) is 0 Å². The van der Waals surface area contributed by atoms with Crippen molar-refractivity contribution in [3.63, 3.8) is 0 Å². The highest BCUT2D eigenvalue weighted by Crippen LogP contribution is 2.20. The van der Waals surface area contributed by atoms with Crippen LogP contribution in [0.5, 0.6) is 0 Å². The van der Waals surface area contributed by atoms with Crippen molar-refractivity contribution in [3.8, 4) is 0 Å². The van der Waals surface area contributed by atoms with Crippen LogP contribution in [-0.2, 0) is 6.42 Å². The second-order valence-electron chi connectivity index (χ2n) is 4.43. The van der Waals surface area contributed by atoms with Gasteiger partial charge in [0.2, 0.25) is 0 Å². The quantitative estimate of drug-likeness (QED) is 0.903. The monoisotopic (exact) mass is 245 g/mol. The van der Waals surface area contributed by atoms with E-state index in [1.54, 1.807) is 12.1 Å². The first-order valence-corrected chi connectivity index (χ1v) is 5.87. The predicted molar refractivity (Wildman–Crippen MR) is 68.5 cm³/mol. The van der Waals surface area contributed by atoms with Gasteiger partial charge < -0.3 is 5.73 Å². The molecule has 4 heteroatoms. The summed E-state index contributed by atoms with van der Waals surface area (Å²) in [4.78, 5) is 0. The maximum atomic E-state index is 13.6. The van der Waals surface area contributed by atoms with Gasteiger partial charge in [-0.25, -0.2) is 4.39 Å². The van der Waals surface area contributed by atoms with E-state index < -0.39 is 0 Å². The molecule has 1 heterocycles. The number of aromatic nitrogens is 2. The van der Waals surface area contributed by atoms with Crippen molar-refractivity contribution in [2.45, 2.75) is 26.3 Å². The Hall–Kier alpha value is -1.81. The third kappa shape index (κ3) is 2.71. The third-order valence-corrected chi connectivity index (χ3v) is 2.94. The van der Waals surface area contributed by atoms with Crippen LogP contribution in [0.1, 0.15) is 28.6 Å². The van der Waals surface area contributed by atoms with Crippen molar-refractivity contribution in [3.05, 3.63) is 58.7 Å². The lowest BCUT2D eigenvalue weighted by atomic mass is 9.98. The van der Waals surface area contributed by atoms with Crippen LogP contribution >= 0.6 is 0 Å². The number of rotatable bonds is 3. The van der Waals surface area contributed by atoms with E-state index in [-0.39, 0.29) is 11.9 Å². The molecular formula is C14H16FN3. The first-order valence-electron chi connectivity index (χ1n) is 5.87. The summed E-state index contributed by atoms with van der Waals surface area (Å²) < 4.78 is 13.6. The van der Waals surface area contributed by atoms with Crippen molar-refractivity contribution in [2.75, 3.05) is 0 Å². The highest BCUT2D eigenvalue weighted by atomic mass is 19.1. The zero-order valence-corrected chi connectivity index (χ0v) is 10.5. The van der Waals surface area contributed by atoms with Gasteiger partial charge in [0.15, 0.2) is 0 Å². The number of hydrogen-bond acceptors (Lipinski definition) is 3. The molecule has 1 atom stereocenters. The highest BCUT2D eigenvalue weighted by Gasteiger charge is 2.13. The van der Waals surface area contributed by atoms with Crippen LogP contribution in [0.4, 0.5) is 4.39 Å². The van der Waals surface area contributed by atoms with Gasteiger partial charge in [-0.2, -0.15) is 10.2 Å². The molecule has 0 saturated carbocycles. The normalized spacial score (nSPS) is 12.4. The van der Waals surface area contributed by atoms with Crippen molar-refractivity contribution in [1.82, 2.24) is 10.2 Å². The Labute approximate surface area is 106 Å². The lowest BCUT2D eigenvalue weighted by Gasteiger charge is -2.14. The molecule has 94 valence electrons. The smallest absolute Gasteiger partial charge is 0.126 e. The van der Waals surface area contributed by atoms with Gasteiger partial charge in [-0.15, -0.1) is 0 Å². The molecule has 0 aliphatic heterocycles. The molecule has 0 bridgehead atoms. The van der Waals surface area contributed by atoms with Crippen LogP contribution in [0.2, 0.25) is 0 Å². The second kappa shape index (κ2) is 5.23. The van der Waals surface area contributed by atoms with Crippen molar-refractivity contribution < 1.29 is 4.39 Å². The molecule has 2 rings (SSSR count). The molecule has 0 amide bonds. The zero-order chi connectivity index (χ0) is 13.1. The van der Waals surface area contributed by atoms with E-state index in [4.69, 9.17) is 5.73 Å². The summed E-state index contributed by atoms with van der Waals surface area (Å²) >= 11 is 0. The fourth-order valence-corrected chi connectivity index (χ4v) is 1.96. The topological polar surface area (TPSA) is 51.8 Å². The summed E-state index contributed by atoms with van der Waals surface area (Å²) in [7, 11) is 0. The van der Waals surface area contributed by atoms with Crippen LogP contribution in [-0.4, -0.2) is 10.2 Å². The maximum Gasteiger partial charge on any atom is 0.126 e. The van der Waals surface area contributed by atoms with Crippen molar-refractivity contribution in [2.24, 2.45) is 5.73 Å². The highest BCUT2D eigenvalue weighted by molar-refractivity contribution is 5.27. The molecule has 1 unspecified atom stereocenters. The minimum absolute atomic E-state index is 0.218. The molecular weight excluding hydrogens is 229 g/mol. The number of hydrogen-bond donors (Lipinski definition) is 1. The van der Waals surface area contributed by atoms with E-state index in [1.807, 2.05) is 26.0 Å². The van der Waals surface area contributed by atoms with Crippen LogP contribution < -0.4 is 5.73 Å². The van der Waals surface area contributed by atoms with E-state index in [9.17, 15) is 4.39 Å². The Morgan fingerprint density at radius 1 is 1.22 bits per heavy atom. The molecule has 1 aromatic carbocycles. The predicted octanol–water partition coefficient (Wildman–Crippen LogP) is 2.48. The molecule has 2 aromatic rings. The summed E-state index contributed by atoms with van der Waals surface area (Å²) in [6, 6.07) is 8.34. The summed E-state index contributed by atoms with van der Waals surface area (Å²) in [6.07, 6.45) is 0.457. The molecule has 1 aromatic heterocycles. The number of benzene rings is 1. The molecule has 0 aliphatic carbocycles. The van der Waals surface area contributed by atoms with E-state index in [2.05, 4.69) is 10.2 Å². The first kappa shape index (κ1) is 12.6. The van der Waals surface area contributed by atoms with Gasteiger partial charge in [0.05, 0.1) is 11.4 Å². The Bertz CT molecular complexity index is 554. The third-order valence-electron chi connectivity index (χ3n) is 2.94. The number of nitrogens with zero attached hydrogens (tertiary/aromatic N) is 2. The molecule has 0 saturated heterocycles. The summed E-state index contributed by atoms with van der Waals surface area (Å²) in [5.41, 5.74) is 9.29. The number of nitrogens with two attached hydrogens (primary N) is 1. The average Bonchev–Trinajstić information content (AvgIpc) is 2.35. The largest absolute Gasteiger partial charge is 0.324 e. The minimum Gasteiger partial charge on any atom is -0.324 e. The lowest BCUT2D eigenvalue weighted by Crippen LogP contribution is -2.16. The van der Waals surface area contributed by atoms with E-state index in [1.165, 1.54) is 6.07 Å². The molecule has 0 fully saturated rings. The lowest BCUT2D eigenvalue weighted by molar-refractivity contribution is 0.591. The van der Waals surface area contributed by atoms with E-state index in [0.29, 0.717) is 12.0 Å². The standard InChI is InChI=1S/C14H16FN3/c1-9-7-12(10(2)18-17-9)14(16)8-11-5-3-4-6-13(11)15/h3-7,14H,8,16H2,1-2H3. The summed E-state index contributed by atoms with van der Waals surface area (Å²) in [6.45, 7) is 3.73. The summed E-state index contributed by atoms with van der Waals surface area (Å²) in [5, 5.41) is 8.01. The average molecular weight is 245 g/mol. The van der Waals surface area contributed by atoms with Gasteiger partial charge in [-0.3, -0.25) is 0 Å². The Balaban J connectivity index is 2.25.